The fourth-order valence-electron chi connectivity index (χ4n) is 7.29. The molecule has 10 nitrogen and oxygen atoms in total. The van der Waals surface area contributed by atoms with Crippen molar-refractivity contribution in [3.63, 3.8) is 0 Å². The van der Waals surface area contributed by atoms with Gasteiger partial charge in [0.1, 0.15) is 17.7 Å². The van der Waals surface area contributed by atoms with E-state index in [0.29, 0.717) is 37.8 Å². The zero-order valence-corrected chi connectivity index (χ0v) is 26.0. The summed E-state index contributed by atoms with van der Waals surface area (Å²) in [5.41, 5.74) is -0.598. The molecule has 0 unspecified atom stereocenters. The fourth-order valence-corrected chi connectivity index (χ4v) is 7.29. The average Bonchev–Trinajstić information content (AvgIpc) is 3.69. The number of hydrogen-bond acceptors (Lipinski definition) is 7. The van der Waals surface area contributed by atoms with Crippen LogP contribution in [0.1, 0.15) is 46.0 Å². The maximum Gasteiger partial charge on any atom is 0.312 e. The van der Waals surface area contributed by atoms with Crippen LogP contribution in [0.25, 0.3) is 10.8 Å². The van der Waals surface area contributed by atoms with Gasteiger partial charge in [-0.25, -0.2) is 0 Å². The van der Waals surface area contributed by atoms with Crippen LogP contribution in [0.5, 0.6) is 0 Å². The van der Waals surface area contributed by atoms with E-state index in [1.165, 1.54) is 4.90 Å². The number of ether oxygens (including phenoxy) is 2. The monoisotopic (exact) mass is 617 g/mol. The van der Waals surface area contributed by atoms with Gasteiger partial charge in [0.25, 0.3) is 5.91 Å². The molecule has 0 aromatic heterocycles. The molecule has 3 amide bonds. The lowest BCUT2D eigenvalue weighted by Crippen LogP contribution is -2.59. The van der Waals surface area contributed by atoms with E-state index >= 15 is 0 Å². The van der Waals surface area contributed by atoms with E-state index in [1.807, 2.05) is 49.4 Å². The predicted octanol–water partition coefficient (Wildman–Crippen LogP) is 3.52. The van der Waals surface area contributed by atoms with E-state index in [0.717, 1.165) is 10.8 Å². The van der Waals surface area contributed by atoms with Crippen LogP contribution >= 0.6 is 0 Å². The van der Waals surface area contributed by atoms with Crippen molar-refractivity contribution in [1.29, 1.82) is 0 Å². The summed E-state index contributed by atoms with van der Waals surface area (Å²) in [5, 5.41) is 15.1. The topological polar surface area (TPSA) is 125 Å². The molecule has 2 aromatic carbocycles. The van der Waals surface area contributed by atoms with E-state index in [2.05, 4.69) is 18.5 Å². The van der Waals surface area contributed by atoms with Gasteiger partial charge < -0.3 is 29.7 Å². The SMILES string of the molecule is C=CCCC(=O)NC[C@@H](C)OC(=O)[C@@H]1[C@@H]2CC[C@]3(O2)[C@H](C(=O)N(CC=C)c2ccc4ccccc4c2)N([C@@H](CC)CO)C(=O)[C@@H]13. The van der Waals surface area contributed by atoms with Crippen LogP contribution in [-0.2, 0) is 28.7 Å². The first-order valence-corrected chi connectivity index (χ1v) is 15.8. The first-order valence-electron chi connectivity index (χ1n) is 15.8. The van der Waals surface area contributed by atoms with Gasteiger partial charge in [-0.1, -0.05) is 49.4 Å². The summed E-state index contributed by atoms with van der Waals surface area (Å²) in [6.07, 6.45) is 4.22. The molecule has 0 radical (unpaired) electrons. The second kappa shape index (κ2) is 13.5. The Bertz CT molecular complexity index is 1470. The highest BCUT2D eigenvalue weighted by atomic mass is 16.6. The van der Waals surface area contributed by atoms with Crippen molar-refractivity contribution in [3.05, 3.63) is 67.8 Å². The molecule has 3 heterocycles. The summed E-state index contributed by atoms with van der Waals surface area (Å²) in [6.45, 7) is 11.0. The van der Waals surface area contributed by atoms with Crippen LogP contribution in [0.3, 0.4) is 0 Å². The summed E-state index contributed by atoms with van der Waals surface area (Å²) < 4.78 is 12.3. The molecule has 240 valence electrons. The molecule has 3 saturated heterocycles. The first-order chi connectivity index (χ1) is 21.7. The summed E-state index contributed by atoms with van der Waals surface area (Å²) >= 11 is 0. The Balaban J connectivity index is 1.45. The van der Waals surface area contributed by atoms with E-state index in [4.69, 9.17) is 9.47 Å². The molecule has 45 heavy (non-hydrogen) atoms. The molecule has 5 rings (SSSR count). The molecule has 7 atom stereocenters. The molecule has 2 bridgehead atoms. The molecule has 3 aliphatic heterocycles. The van der Waals surface area contributed by atoms with Crippen LogP contribution in [0.15, 0.2) is 67.8 Å². The van der Waals surface area contributed by atoms with Gasteiger partial charge in [-0.2, -0.15) is 0 Å². The van der Waals surface area contributed by atoms with Crippen molar-refractivity contribution in [1.82, 2.24) is 10.2 Å². The van der Waals surface area contributed by atoms with Gasteiger partial charge in [0, 0.05) is 18.7 Å². The number of allylic oxidation sites excluding steroid dienone is 1. The number of anilines is 1. The Hall–Kier alpha value is -4.02. The molecule has 2 aromatic rings. The Morgan fingerprint density at radius 1 is 1.20 bits per heavy atom. The van der Waals surface area contributed by atoms with Crippen molar-refractivity contribution in [2.24, 2.45) is 11.8 Å². The molecule has 0 saturated carbocycles. The number of fused-ring (bicyclic) bond motifs is 2. The highest BCUT2D eigenvalue weighted by Crippen LogP contribution is 2.59. The molecule has 2 N–H and O–H groups in total. The molecular weight excluding hydrogens is 574 g/mol. The van der Waals surface area contributed by atoms with E-state index < -0.39 is 47.7 Å². The third-order valence-electron chi connectivity index (χ3n) is 9.42. The summed E-state index contributed by atoms with van der Waals surface area (Å²) in [5.74, 6) is -3.34. The molecule has 3 fully saturated rings. The van der Waals surface area contributed by atoms with E-state index in [-0.39, 0.29) is 37.4 Å². The molecule has 0 aliphatic carbocycles. The number of amides is 3. The molecule has 3 aliphatic rings. The number of aliphatic hydroxyl groups excluding tert-OH is 1. The van der Waals surface area contributed by atoms with Crippen LogP contribution < -0.4 is 10.2 Å². The Labute approximate surface area is 264 Å². The van der Waals surface area contributed by atoms with Crippen LogP contribution in [0, 0.1) is 11.8 Å². The number of rotatable bonds is 14. The number of carbonyl (C=O) groups excluding carboxylic acids is 4. The lowest BCUT2D eigenvalue weighted by Gasteiger charge is -2.39. The Kier molecular flexibility index (Phi) is 9.74. The Morgan fingerprint density at radius 2 is 1.96 bits per heavy atom. The largest absolute Gasteiger partial charge is 0.460 e. The van der Waals surface area contributed by atoms with Crippen molar-refractivity contribution in [3.8, 4) is 0 Å². The van der Waals surface area contributed by atoms with E-state index in [1.54, 1.807) is 24.0 Å². The average molecular weight is 618 g/mol. The van der Waals surface area contributed by atoms with Gasteiger partial charge in [-0.15, -0.1) is 13.2 Å². The zero-order chi connectivity index (χ0) is 32.3. The minimum atomic E-state index is -1.25. The number of esters is 1. The highest BCUT2D eigenvalue weighted by Gasteiger charge is 2.75. The van der Waals surface area contributed by atoms with Crippen LogP contribution in [0.4, 0.5) is 5.69 Å². The maximum atomic E-state index is 14.7. The van der Waals surface area contributed by atoms with Crippen molar-refractivity contribution in [2.45, 2.75) is 75.8 Å². The first kappa shape index (κ1) is 32.4. The summed E-state index contributed by atoms with van der Waals surface area (Å²) in [7, 11) is 0. The third kappa shape index (κ3) is 5.89. The standard InChI is InChI=1S/C35H43N3O7/c1-5-8-13-28(40)36-20-22(4)44-34(43)29-27-16-17-35(45-27)30(29)32(41)38(25(7-3)21-39)31(35)33(42)37(18-6-2)26-15-14-23-11-9-10-12-24(23)19-26/h5-6,9-12,14-15,19,22,25,27,29-31,39H,1-2,7-8,13,16-18,20-21H2,3-4H3,(H,36,40)/t22-,25+,27+,29-,30-,31+,35-/m1/s1. The van der Waals surface area contributed by atoms with Crippen molar-refractivity contribution >= 4 is 40.2 Å². The van der Waals surface area contributed by atoms with Gasteiger partial charge in [-0.05, 0) is 55.5 Å². The minimum Gasteiger partial charge on any atom is -0.460 e. The number of nitrogens with one attached hydrogen (secondary N) is 1. The van der Waals surface area contributed by atoms with Crippen molar-refractivity contribution in [2.75, 3.05) is 24.6 Å². The van der Waals surface area contributed by atoms with E-state index in [9.17, 15) is 24.3 Å². The van der Waals surface area contributed by atoms with Gasteiger partial charge in [0.15, 0.2) is 0 Å². The fraction of sp³-hybridized carbons (Fsp3) is 0.486. The molecule has 10 heteroatoms. The highest BCUT2D eigenvalue weighted by molar-refractivity contribution is 6.05. The maximum absolute atomic E-state index is 14.7. The van der Waals surface area contributed by atoms with Gasteiger partial charge in [0.2, 0.25) is 11.8 Å². The van der Waals surface area contributed by atoms with Crippen molar-refractivity contribution < 1.29 is 33.8 Å². The van der Waals surface area contributed by atoms with Crippen LogP contribution in [0.2, 0.25) is 0 Å². The van der Waals surface area contributed by atoms with Gasteiger partial charge in [-0.3, -0.25) is 19.2 Å². The van der Waals surface area contributed by atoms with Gasteiger partial charge in [0.05, 0.1) is 37.1 Å². The summed E-state index contributed by atoms with van der Waals surface area (Å²) in [6, 6.07) is 11.9. The Morgan fingerprint density at radius 3 is 2.64 bits per heavy atom. The number of likely N-dealkylation sites (tertiary alicyclic amines) is 1. The number of nitrogens with zero attached hydrogens (tertiary/aromatic N) is 2. The number of carbonyl (C=O) groups is 4. The number of aliphatic hydroxyl groups is 1. The lowest BCUT2D eigenvalue weighted by molar-refractivity contribution is -0.159. The second-order valence-electron chi connectivity index (χ2n) is 12.2. The normalized spacial score (nSPS) is 26.3. The lowest BCUT2D eigenvalue weighted by atomic mass is 9.70. The third-order valence-corrected chi connectivity index (χ3v) is 9.42. The molecular formula is C35H43N3O7. The van der Waals surface area contributed by atoms with Gasteiger partial charge >= 0.3 is 5.97 Å². The number of hydrogen-bond donors (Lipinski definition) is 2. The smallest absolute Gasteiger partial charge is 0.312 e. The summed E-state index contributed by atoms with van der Waals surface area (Å²) in [4.78, 5) is 57.8. The predicted molar refractivity (Wildman–Crippen MR) is 170 cm³/mol. The molecule has 1 spiro atoms. The quantitative estimate of drug-likeness (QED) is 0.246. The zero-order valence-electron chi connectivity index (χ0n) is 26.0. The van der Waals surface area contributed by atoms with Crippen LogP contribution in [-0.4, -0.2) is 83.3 Å². The minimum absolute atomic E-state index is 0.127. The number of benzene rings is 2. The second-order valence-corrected chi connectivity index (χ2v) is 12.2.